The van der Waals surface area contributed by atoms with Crippen LogP contribution in [0.25, 0.3) is 0 Å². The molecule has 2 rings (SSSR count). The lowest BCUT2D eigenvalue weighted by atomic mass is 10.1. The number of hydrogen-bond donors (Lipinski definition) is 3. The average molecular weight is 240 g/mol. The third-order valence-corrected chi connectivity index (χ3v) is 2.92. The van der Waals surface area contributed by atoms with Crippen LogP contribution >= 0.6 is 0 Å². The smallest absolute Gasteiger partial charge is 0.244 e. The van der Waals surface area contributed by atoms with Gasteiger partial charge in [-0.1, -0.05) is 0 Å². The summed E-state index contributed by atoms with van der Waals surface area (Å²) in [7, 11) is 1.74. The van der Waals surface area contributed by atoms with E-state index >= 15 is 0 Å². The van der Waals surface area contributed by atoms with Crippen LogP contribution in [0, 0.1) is 0 Å². The van der Waals surface area contributed by atoms with Crippen molar-refractivity contribution < 1.29 is 15.0 Å². The lowest BCUT2D eigenvalue weighted by molar-refractivity contribution is -0.132. The summed E-state index contributed by atoms with van der Waals surface area (Å²) in [6.45, 7) is 0.238. The van der Waals surface area contributed by atoms with Gasteiger partial charge in [0.05, 0.1) is 18.4 Å². The van der Waals surface area contributed by atoms with Crippen LogP contribution in [0.3, 0.4) is 0 Å². The van der Waals surface area contributed by atoms with E-state index in [-0.39, 0.29) is 19.0 Å². The Balaban J connectivity index is 2.05. The van der Waals surface area contributed by atoms with Crippen LogP contribution < -0.4 is 5.73 Å². The Morgan fingerprint density at radius 1 is 1.53 bits per heavy atom. The van der Waals surface area contributed by atoms with Crippen molar-refractivity contribution >= 4 is 5.91 Å². The summed E-state index contributed by atoms with van der Waals surface area (Å²) in [6.07, 6.45) is 1.43. The van der Waals surface area contributed by atoms with E-state index in [4.69, 9.17) is 5.73 Å². The molecule has 1 fully saturated rings. The Morgan fingerprint density at radius 2 is 2.12 bits per heavy atom. The number of amides is 1. The average Bonchev–Trinajstić information content (AvgIpc) is 2.85. The van der Waals surface area contributed by atoms with Crippen molar-refractivity contribution in [3.05, 3.63) is 18.0 Å². The number of hydrogen-bond acceptors (Lipinski definition) is 5. The molecule has 2 heterocycles. The van der Waals surface area contributed by atoms with E-state index in [0.29, 0.717) is 5.56 Å². The van der Waals surface area contributed by atoms with E-state index < -0.39 is 18.2 Å². The summed E-state index contributed by atoms with van der Waals surface area (Å²) in [6, 6.07) is -0.804. The first-order valence-corrected chi connectivity index (χ1v) is 5.38. The molecule has 17 heavy (non-hydrogen) atoms. The Labute approximate surface area is 98.4 Å². The van der Waals surface area contributed by atoms with Crippen LogP contribution in [0.15, 0.2) is 12.4 Å². The molecule has 1 aliphatic heterocycles. The molecule has 0 aromatic carbocycles. The van der Waals surface area contributed by atoms with Gasteiger partial charge in [0.15, 0.2) is 0 Å². The summed E-state index contributed by atoms with van der Waals surface area (Å²) < 4.78 is 1.57. The molecule has 1 aromatic heterocycles. The molecule has 1 amide bonds. The van der Waals surface area contributed by atoms with Gasteiger partial charge in [-0.3, -0.25) is 9.48 Å². The molecule has 7 heteroatoms. The van der Waals surface area contributed by atoms with Gasteiger partial charge in [-0.15, -0.1) is 0 Å². The third kappa shape index (κ3) is 2.31. The van der Waals surface area contributed by atoms with Crippen LogP contribution in [-0.4, -0.2) is 56.1 Å². The fourth-order valence-electron chi connectivity index (χ4n) is 1.89. The second-order valence-corrected chi connectivity index (χ2v) is 4.30. The number of aryl methyl sites for hydroxylation is 1. The SMILES string of the molecule is Cn1cc(C(N)C(=O)N2CC(O)C(O)C2)cn1. The zero-order chi connectivity index (χ0) is 12.6. The van der Waals surface area contributed by atoms with Crippen LogP contribution in [-0.2, 0) is 11.8 Å². The van der Waals surface area contributed by atoms with E-state index in [1.807, 2.05) is 0 Å². The fraction of sp³-hybridized carbons (Fsp3) is 0.600. The Hall–Kier alpha value is -1.44. The van der Waals surface area contributed by atoms with E-state index in [0.717, 1.165) is 0 Å². The van der Waals surface area contributed by atoms with Gasteiger partial charge in [-0.05, 0) is 0 Å². The molecule has 1 saturated heterocycles. The van der Waals surface area contributed by atoms with Crippen LogP contribution in [0.5, 0.6) is 0 Å². The number of carbonyl (C=O) groups excluding carboxylic acids is 1. The van der Waals surface area contributed by atoms with Crippen LogP contribution in [0.4, 0.5) is 0 Å². The van der Waals surface area contributed by atoms with Gasteiger partial charge in [0.25, 0.3) is 0 Å². The third-order valence-electron chi connectivity index (χ3n) is 2.92. The molecule has 1 aromatic rings. The van der Waals surface area contributed by atoms with Gasteiger partial charge in [0.1, 0.15) is 6.04 Å². The topological polar surface area (TPSA) is 105 Å². The monoisotopic (exact) mass is 240 g/mol. The number of rotatable bonds is 2. The van der Waals surface area contributed by atoms with E-state index in [1.165, 1.54) is 11.1 Å². The van der Waals surface area contributed by atoms with Crippen molar-refractivity contribution in [1.82, 2.24) is 14.7 Å². The standard InChI is InChI=1S/C10H16N4O3/c1-13-3-6(2-12-13)9(11)10(17)14-4-7(15)8(16)5-14/h2-3,7-9,15-16H,4-5,11H2,1H3. The molecule has 1 aliphatic rings. The number of β-amino-alcohol motifs (C(OH)–C–C–N with tert-alkyl or cyclic N) is 2. The quantitative estimate of drug-likeness (QED) is 0.553. The molecule has 4 N–H and O–H groups in total. The predicted octanol–water partition coefficient (Wildman–Crippen LogP) is -2.02. The van der Waals surface area contributed by atoms with Crippen molar-refractivity contribution in [1.29, 1.82) is 0 Å². The Bertz CT molecular complexity index is 409. The normalized spacial score (nSPS) is 26.2. The molecule has 94 valence electrons. The number of aliphatic hydroxyl groups is 2. The number of nitrogens with zero attached hydrogens (tertiary/aromatic N) is 3. The van der Waals surface area contributed by atoms with Crippen molar-refractivity contribution in [2.45, 2.75) is 18.2 Å². The molecule has 7 nitrogen and oxygen atoms in total. The van der Waals surface area contributed by atoms with E-state index in [1.54, 1.807) is 17.9 Å². The number of nitrogens with two attached hydrogens (primary N) is 1. The minimum atomic E-state index is -0.889. The van der Waals surface area contributed by atoms with Crippen molar-refractivity contribution in [3.63, 3.8) is 0 Å². The molecule has 0 spiro atoms. The molecule has 0 aliphatic carbocycles. The first kappa shape index (κ1) is 12.0. The lowest BCUT2D eigenvalue weighted by Gasteiger charge is -2.19. The largest absolute Gasteiger partial charge is 0.388 e. The van der Waals surface area contributed by atoms with E-state index in [9.17, 15) is 15.0 Å². The Kier molecular flexibility index (Phi) is 3.14. The number of aliphatic hydroxyl groups excluding tert-OH is 2. The molecular formula is C10H16N4O3. The maximum Gasteiger partial charge on any atom is 0.244 e. The number of likely N-dealkylation sites (tertiary alicyclic amines) is 1. The predicted molar refractivity (Wildman–Crippen MR) is 58.7 cm³/mol. The summed E-state index contributed by atoms with van der Waals surface area (Å²) in [5.41, 5.74) is 6.43. The maximum absolute atomic E-state index is 12.0. The second kappa shape index (κ2) is 4.44. The van der Waals surface area contributed by atoms with Crippen LogP contribution in [0.2, 0.25) is 0 Å². The molecule has 3 unspecified atom stereocenters. The Morgan fingerprint density at radius 3 is 2.59 bits per heavy atom. The highest BCUT2D eigenvalue weighted by atomic mass is 16.3. The summed E-state index contributed by atoms with van der Waals surface area (Å²) in [5, 5.41) is 22.7. The first-order chi connectivity index (χ1) is 7.99. The molecule has 3 atom stereocenters. The van der Waals surface area contributed by atoms with Gasteiger partial charge in [0.2, 0.25) is 5.91 Å². The summed E-state index contributed by atoms with van der Waals surface area (Å²) in [5.74, 6) is -0.311. The molecule has 0 bridgehead atoms. The molecule has 0 radical (unpaired) electrons. The summed E-state index contributed by atoms with van der Waals surface area (Å²) in [4.78, 5) is 13.4. The van der Waals surface area contributed by atoms with Crippen molar-refractivity contribution in [2.24, 2.45) is 12.8 Å². The second-order valence-electron chi connectivity index (χ2n) is 4.30. The molecular weight excluding hydrogens is 224 g/mol. The summed E-state index contributed by atoms with van der Waals surface area (Å²) >= 11 is 0. The zero-order valence-electron chi connectivity index (χ0n) is 9.52. The highest BCUT2D eigenvalue weighted by molar-refractivity contribution is 5.83. The maximum atomic E-state index is 12.0. The van der Waals surface area contributed by atoms with Crippen molar-refractivity contribution in [3.8, 4) is 0 Å². The highest BCUT2D eigenvalue weighted by Crippen LogP contribution is 2.17. The first-order valence-electron chi connectivity index (χ1n) is 5.38. The molecule has 0 saturated carbocycles. The zero-order valence-corrected chi connectivity index (χ0v) is 9.52. The fourth-order valence-corrected chi connectivity index (χ4v) is 1.89. The number of carbonyl (C=O) groups is 1. The van der Waals surface area contributed by atoms with E-state index in [2.05, 4.69) is 5.10 Å². The van der Waals surface area contributed by atoms with Gasteiger partial charge in [-0.25, -0.2) is 0 Å². The highest BCUT2D eigenvalue weighted by Gasteiger charge is 2.35. The van der Waals surface area contributed by atoms with Crippen LogP contribution in [0.1, 0.15) is 11.6 Å². The minimum Gasteiger partial charge on any atom is -0.388 e. The minimum absolute atomic E-state index is 0.119. The number of aromatic nitrogens is 2. The van der Waals surface area contributed by atoms with Gasteiger partial charge >= 0.3 is 0 Å². The van der Waals surface area contributed by atoms with Crippen molar-refractivity contribution in [2.75, 3.05) is 13.1 Å². The van der Waals surface area contributed by atoms with Gasteiger partial charge in [0, 0.05) is 31.9 Å². The van der Waals surface area contributed by atoms with Gasteiger partial charge < -0.3 is 20.8 Å². The van der Waals surface area contributed by atoms with Gasteiger partial charge in [-0.2, -0.15) is 5.10 Å². The lowest BCUT2D eigenvalue weighted by Crippen LogP contribution is -2.37.